The first-order chi connectivity index (χ1) is 12.1. The lowest BCUT2D eigenvalue weighted by Crippen LogP contribution is -2.44. The molecule has 0 N–H and O–H groups in total. The van der Waals surface area contributed by atoms with E-state index in [1.165, 1.54) is 0 Å². The average Bonchev–Trinajstić information content (AvgIpc) is 2.95. The predicted molar refractivity (Wildman–Crippen MR) is 91.8 cm³/mol. The van der Waals surface area contributed by atoms with E-state index in [2.05, 4.69) is 6.07 Å². The Morgan fingerprint density at radius 2 is 1.96 bits per heavy atom. The van der Waals surface area contributed by atoms with Gasteiger partial charge in [-0.05, 0) is 37.1 Å². The molecule has 0 unspecified atom stereocenters. The molecule has 2 aliphatic heterocycles. The highest BCUT2D eigenvalue weighted by molar-refractivity contribution is 5.94. The summed E-state index contributed by atoms with van der Waals surface area (Å²) in [7, 11) is 1.64. The van der Waals surface area contributed by atoms with Gasteiger partial charge in [-0.25, -0.2) is 0 Å². The number of benzene rings is 1. The Kier molecular flexibility index (Phi) is 5.05. The molecule has 6 heteroatoms. The fraction of sp³-hybridized carbons (Fsp3) is 0.526. The van der Waals surface area contributed by atoms with E-state index in [4.69, 9.17) is 10.00 Å². The maximum absolute atomic E-state index is 12.6. The molecule has 0 atom stereocenters. The second-order valence-electron chi connectivity index (χ2n) is 6.97. The number of carbonyl (C=O) groups is 2. The van der Waals surface area contributed by atoms with Crippen molar-refractivity contribution in [2.24, 2.45) is 5.41 Å². The van der Waals surface area contributed by atoms with Gasteiger partial charge in [-0.2, -0.15) is 5.26 Å². The Hall–Kier alpha value is -2.39. The van der Waals surface area contributed by atoms with Crippen LogP contribution in [-0.2, 0) is 9.53 Å². The zero-order valence-electron chi connectivity index (χ0n) is 14.5. The molecule has 2 saturated heterocycles. The summed E-state index contributed by atoms with van der Waals surface area (Å²) in [6, 6.07) is 8.81. The van der Waals surface area contributed by atoms with Crippen LogP contribution in [0.3, 0.4) is 0 Å². The molecular weight excluding hydrogens is 318 g/mol. The van der Waals surface area contributed by atoms with Crippen molar-refractivity contribution in [2.45, 2.75) is 19.3 Å². The first-order valence-electron chi connectivity index (χ1n) is 8.63. The van der Waals surface area contributed by atoms with Gasteiger partial charge >= 0.3 is 0 Å². The van der Waals surface area contributed by atoms with E-state index >= 15 is 0 Å². The van der Waals surface area contributed by atoms with Crippen molar-refractivity contribution >= 4 is 11.8 Å². The minimum Gasteiger partial charge on any atom is -0.383 e. The molecular formula is C19H23N3O3. The van der Waals surface area contributed by atoms with E-state index in [-0.39, 0.29) is 17.2 Å². The number of ether oxygens (including phenoxy) is 1. The number of nitrogens with zero attached hydrogens (tertiary/aromatic N) is 3. The number of nitriles is 1. The quantitative estimate of drug-likeness (QED) is 0.835. The molecule has 0 aromatic heterocycles. The molecule has 1 spiro atoms. The Morgan fingerprint density at radius 3 is 2.56 bits per heavy atom. The van der Waals surface area contributed by atoms with Gasteiger partial charge in [-0.15, -0.1) is 0 Å². The number of rotatable bonds is 4. The molecule has 1 aromatic rings. The molecule has 2 amide bonds. The molecule has 0 aliphatic carbocycles. The third kappa shape index (κ3) is 3.67. The summed E-state index contributed by atoms with van der Waals surface area (Å²) < 4.78 is 5.07. The average molecular weight is 341 g/mol. The third-order valence-electron chi connectivity index (χ3n) is 5.34. The fourth-order valence-electron chi connectivity index (χ4n) is 3.78. The van der Waals surface area contributed by atoms with Gasteiger partial charge in [-0.1, -0.05) is 0 Å². The summed E-state index contributed by atoms with van der Waals surface area (Å²) in [5, 5.41) is 8.85. The van der Waals surface area contributed by atoms with E-state index in [0.29, 0.717) is 43.8 Å². The Bertz CT molecular complexity index is 685. The molecule has 3 rings (SSSR count). The normalized spacial score (nSPS) is 19.3. The van der Waals surface area contributed by atoms with Crippen LogP contribution < -0.4 is 0 Å². The van der Waals surface area contributed by atoms with Gasteiger partial charge in [0.25, 0.3) is 5.91 Å². The maximum Gasteiger partial charge on any atom is 0.253 e. The standard InChI is InChI=1S/C19H23N3O3/c1-25-11-10-22-14-19(12-17(22)23)6-8-21(9-7-19)18(24)16-4-2-15(13-20)3-5-16/h2-5H,6-12,14H2,1H3. The van der Waals surface area contributed by atoms with E-state index in [1.54, 1.807) is 31.4 Å². The zero-order valence-corrected chi connectivity index (χ0v) is 14.5. The van der Waals surface area contributed by atoms with Gasteiger partial charge < -0.3 is 14.5 Å². The van der Waals surface area contributed by atoms with E-state index in [1.807, 2.05) is 9.80 Å². The highest BCUT2D eigenvalue weighted by Gasteiger charge is 2.45. The van der Waals surface area contributed by atoms with Crippen LogP contribution in [0.5, 0.6) is 0 Å². The molecule has 6 nitrogen and oxygen atoms in total. The number of amides is 2. The van der Waals surface area contributed by atoms with Gasteiger partial charge in [0.1, 0.15) is 0 Å². The van der Waals surface area contributed by atoms with Crippen molar-refractivity contribution in [3.63, 3.8) is 0 Å². The SMILES string of the molecule is COCCN1CC2(CCN(C(=O)c3ccc(C#N)cc3)CC2)CC1=O. The molecule has 2 aliphatic rings. The zero-order chi connectivity index (χ0) is 17.9. The first kappa shape index (κ1) is 17.4. The minimum absolute atomic E-state index is 0.0000904. The summed E-state index contributed by atoms with van der Waals surface area (Å²) in [4.78, 5) is 28.6. The van der Waals surface area contributed by atoms with Crippen LogP contribution in [0.4, 0.5) is 0 Å². The second kappa shape index (κ2) is 7.24. The summed E-state index contributed by atoms with van der Waals surface area (Å²) in [6.45, 7) is 3.32. The van der Waals surface area contributed by atoms with E-state index in [0.717, 1.165) is 19.4 Å². The highest BCUT2D eigenvalue weighted by Crippen LogP contribution is 2.41. The predicted octanol–water partition coefficient (Wildman–Crippen LogP) is 1.66. The van der Waals surface area contributed by atoms with Crippen molar-refractivity contribution in [1.29, 1.82) is 5.26 Å². The van der Waals surface area contributed by atoms with Gasteiger partial charge in [0.05, 0.1) is 18.2 Å². The molecule has 2 fully saturated rings. The number of piperidine rings is 1. The van der Waals surface area contributed by atoms with Gasteiger partial charge in [-0.3, -0.25) is 9.59 Å². The van der Waals surface area contributed by atoms with Crippen molar-refractivity contribution in [3.05, 3.63) is 35.4 Å². The monoisotopic (exact) mass is 341 g/mol. The summed E-state index contributed by atoms with van der Waals surface area (Å²) in [5.41, 5.74) is 1.17. The van der Waals surface area contributed by atoms with Crippen LogP contribution >= 0.6 is 0 Å². The fourth-order valence-corrected chi connectivity index (χ4v) is 3.78. The number of hydrogen-bond acceptors (Lipinski definition) is 4. The van der Waals surface area contributed by atoms with Gasteiger partial charge in [0.15, 0.2) is 0 Å². The molecule has 25 heavy (non-hydrogen) atoms. The van der Waals surface area contributed by atoms with Crippen LogP contribution in [0.25, 0.3) is 0 Å². The summed E-state index contributed by atoms with van der Waals surface area (Å²) >= 11 is 0. The number of hydrogen-bond donors (Lipinski definition) is 0. The van der Waals surface area contributed by atoms with Crippen LogP contribution in [0.2, 0.25) is 0 Å². The van der Waals surface area contributed by atoms with Gasteiger partial charge in [0.2, 0.25) is 5.91 Å². The lowest BCUT2D eigenvalue weighted by molar-refractivity contribution is -0.128. The Morgan fingerprint density at radius 1 is 1.28 bits per heavy atom. The maximum atomic E-state index is 12.6. The van der Waals surface area contributed by atoms with Crippen LogP contribution in [0.15, 0.2) is 24.3 Å². The van der Waals surface area contributed by atoms with Crippen LogP contribution in [-0.4, -0.2) is 61.5 Å². The largest absolute Gasteiger partial charge is 0.383 e. The van der Waals surface area contributed by atoms with Crippen molar-refractivity contribution < 1.29 is 14.3 Å². The third-order valence-corrected chi connectivity index (χ3v) is 5.34. The second-order valence-corrected chi connectivity index (χ2v) is 6.97. The van der Waals surface area contributed by atoms with Crippen molar-refractivity contribution in [1.82, 2.24) is 9.80 Å². The lowest BCUT2D eigenvalue weighted by atomic mass is 9.77. The minimum atomic E-state index is -0.0000904. The van der Waals surface area contributed by atoms with Crippen LogP contribution in [0.1, 0.15) is 35.2 Å². The first-order valence-corrected chi connectivity index (χ1v) is 8.63. The molecule has 132 valence electrons. The molecule has 1 aromatic carbocycles. The van der Waals surface area contributed by atoms with Crippen molar-refractivity contribution in [2.75, 3.05) is 39.9 Å². The number of likely N-dealkylation sites (tertiary alicyclic amines) is 2. The topological polar surface area (TPSA) is 73.6 Å². The molecule has 0 radical (unpaired) electrons. The number of methoxy groups -OCH3 is 1. The Labute approximate surface area is 148 Å². The summed E-state index contributed by atoms with van der Waals surface area (Å²) in [5.74, 6) is 0.198. The molecule has 0 bridgehead atoms. The summed E-state index contributed by atoms with van der Waals surface area (Å²) in [6.07, 6.45) is 2.28. The smallest absolute Gasteiger partial charge is 0.253 e. The highest BCUT2D eigenvalue weighted by atomic mass is 16.5. The Balaban J connectivity index is 1.59. The molecule has 2 heterocycles. The van der Waals surface area contributed by atoms with Crippen LogP contribution in [0, 0.1) is 16.7 Å². The van der Waals surface area contributed by atoms with Gasteiger partial charge in [0, 0.05) is 50.7 Å². The van der Waals surface area contributed by atoms with E-state index < -0.39 is 0 Å². The molecule has 0 saturated carbocycles. The van der Waals surface area contributed by atoms with E-state index in [9.17, 15) is 9.59 Å². The van der Waals surface area contributed by atoms with Crippen molar-refractivity contribution in [3.8, 4) is 6.07 Å². The lowest BCUT2D eigenvalue weighted by Gasteiger charge is -2.38. The number of carbonyl (C=O) groups excluding carboxylic acids is 2.